The number of aromatic amines is 1. The lowest BCUT2D eigenvalue weighted by atomic mass is 10.0. The quantitative estimate of drug-likeness (QED) is 0.0435. The van der Waals surface area contributed by atoms with Crippen molar-refractivity contribution in [3.63, 3.8) is 0 Å². The zero-order valence-electron chi connectivity index (χ0n) is 68.4. The van der Waals surface area contributed by atoms with Crippen LogP contribution in [0.3, 0.4) is 0 Å². The zero-order chi connectivity index (χ0) is 83.9. The number of aromatic nitrogens is 8. The summed E-state index contributed by atoms with van der Waals surface area (Å²) in [6, 6.07) is 112. The molecule has 17 rings (SSSR count). The molecule has 0 fully saturated rings. The van der Waals surface area contributed by atoms with Crippen molar-refractivity contribution in [1.82, 2.24) is 40.6 Å². The largest absolute Gasteiger partial charge is 0.489 e. The fraction of sp³-hybridized carbons (Fsp3) is 0.123. The third kappa shape index (κ3) is 24.7. The van der Waals surface area contributed by atoms with Gasteiger partial charge in [0.15, 0.2) is 17.7 Å². The van der Waals surface area contributed by atoms with E-state index in [2.05, 4.69) is 132 Å². The number of fused-ring (bicyclic) bond motifs is 4. The summed E-state index contributed by atoms with van der Waals surface area (Å²) >= 11 is 0. The molecule has 604 valence electrons. The highest BCUT2D eigenvalue weighted by molar-refractivity contribution is 5.84. The van der Waals surface area contributed by atoms with Crippen molar-refractivity contribution >= 4 is 91.6 Å². The summed E-state index contributed by atoms with van der Waals surface area (Å²) < 4.78 is 35.5. The van der Waals surface area contributed by atoms with Crippen LogP contribution in [-0.4, -0.2) is 58.2 Å². The maximum Gasteiger partial charge on any atom is 0.178 e. The number of aryl methyl sites for hydroxylation is 1. The Hall–Kier alpha value is -15.3. The van der Waals surface area contributed by atoms with Gasteiger partial charge in [-0.2, -0.15) is 5.21 Å². The number of carbonyl (C=O) groups is 2. The van der Waals surface area contributed by atoms with Crippen LogP contribution in [0.1, 0.15) is 112 Å². The van der Waals surface area contributed by atoms with Gasteiger partial charge in [0.1, 0.15) is 73.3 Å². The minimum Gasteiger partial charge on any atom is -0.489 e. The summed E-state index contributed by atoms with van der Waals surface area (Å²) in [5.41, 5.74) is 18.6. The van der Waals surface area contributed by atoms with Gasteiger partial charge in [0.25, 0.3) is 0 Å². The van der Waals surface area contributed by atoms with E-state index in [0.29, 0.717) is 57.4 Å². The van der Waals surface area contributed by atoms with E-state index in [9.17, 15) is 9.59 Å². The standard InChI is InChI=1S/C28H25NO3.C27H23NO2.C26H21N5O.C25H23NO2/c1-20(30)21(2)32-28-10-6-4-8-24(28)14-11-22-12-17-26(18-13-22)31-19-25-16-15-23-7-3-5-9-27(23)29-25;1-20(29)18-23-7-2-3-8-24(23)19-30-26-16-11-21(12-17-26)10-14-25-15-13-22-6-4-5-9-27(22)28-25;1-2-7-22(21(6-1)17-26-28-30-31-29-26)18-32-24-15-10-19(11-16-24)9-13-23-14-12-20-5-3-4-8-25(20)27-23;1-2-19-7-3-4-9-21(19)17-27-23-13-15-24(16-14-23)28-18-22-12-11-20-8-5-6-10-25(20)26-22/h3-18,21H,19H2,1-2H3;2-17H,18-19H2,1H3;1-16H,17-18H2,(H,28,29,30,31);3-16H,2,17-18H2,1H3/b14-11-;14-10+;13-9+;. The first-order chi connectivity index (χ1) is 59.9. The number of ether oxygens (including phenoxy) is 6. The maximum atomic E-state index is 11.5. The molecule has 0 saturated carbocycles. The van der Waals surface area contributed by atoms with Gasteiger partial charge in [-0.15, -0.1) is 10.2 Å². The van der Waals surface area contributed by atoms with Crippen molar-refractivity contribution in [1.29, 1.82) is 0 Å². The molecule has 12 aromatic carbocycles. The average molecular weight is 1610 g/mol. The Bertz CT molecular complexity index is 6400. The van der Waals surface area contributed by atoms with Gasteiger partial charge in [-0.1, -0.05) is 261 Å². The highest BCUT2D eigenvalue weighted by Gasteiger charge is 2.14. The maximum absolute atomic E-state index is 11.5. The molecular weight excluding hydrogens is 1510 g/mol. The van der Waals surface area contributed by atoms with E-state index in [1.807, 2.05) is 291 Å². The van der Waals surface area contributed by atoms with Gasteiger partial charge >= 0.3 is 0 Å². The van der Waals surface area contributed by atoms with E-state index in [4.69, 9.17) is 28.4 Å². The fourth-order valence-corrected chi connectivity index (χ4v) is 13.2. The molecule has 5 aromatic heterocycles. The SMILES string of the molecule is C(=C\c1ccc2ccccc2n1)/c1ccc(OCc2ccccc2Cc2nn[nH]n2)cc1.CC(=O)C(C)Oc1ccccc1/C=C\c1ccc(OCc2ccc3ccccc3n2)cc1.CC(=O)Cc1ccccc1COc1ccc(/C=C/c2ccc3ccccc3n2)cc1.CCc1ccccc1COc1ccc(OCc2ccc3ccccc3n2)cc1. The van der Waals surface area contributed by atoms with Crippen LogP contribution in [0.5, 0.6) is 34.5 Å². The number of tetrazole rings is 1. The second-order valence-electron chi connectivity index (χ2n) is 28.9. The number of hydrogen-bond donors (Lipinski definition) is 1. The fourth-order valence-electron chi connectivity index (χ4n) is 13.2. The lowest BCUT2D eigenvalue weighted by molar-refractivity contribution is -0.123. The van der Waals surface area contributed by atoms with E-state index < -0.39 is 6.10 Å². The summed E-state index contributed by atoms with van der Waals surface area (Å²) in [5, 5.41) is 18.7. The molecule has 0 spiro atoms. The molecule has 17 aromatic rings. The summed E-state index contributed by atoms with van der Waals surface area (Å²) in [5.74, 6) is 5.55. The average Bonchev–Trinajstić information content (AvgIpc) is 0.885. The normalized spacial score (nSPS) is 11.3. The van der Waals surface area contributed by atoms with E-state index in [1.165, 1.54) is 18.1 Å². The van der Waals surface area contributed by atoms with Gasteiger partial charge in [0.05, 0.1) is 44.8 Å². The third-order valence-electron chi connectivity index (χ3n) is 20.0. The molecule has 1 atom stereocenters. The van der Waals surface area contributed by atoms with Crippen molar-refractivity contribution in [3.05, 3.63) is 424 Å². The summed E-state index contributed by atoms with van der Waals surface area (Å²) in [7, 11) is 0. The second-order valence-corrected chi connectivity index (χ2v) is 28.9. The molecular formula is C106H92N8O8. The monoisotopic (exact) mass is 1600 g/mol. The summed E-state index contributed by atoms with van der Waals surface area (Å²) in [6.07, 6.45) is 13.7. The first-order valence-electron chi connectivity index (χ1n) is 40.6. The number of para-hydroxylation sites is 5. The Kier molecular flexibility index (Phi) is 29.1. The molecule has 0 bridgehead atoms. The molecule has 0 aliphatic heterocycles. The molecule has 1 unspecified atom stereocenters. The first-order valence-corrected chi connectivity index (χ1v) is 40.6. The zero-order valence-corrected chi connectivity index (χ0v) is 68.4. The topological polar surface area (TPSA) is 196 Å². The Morgan fingerprint density at radius 1 is 0.344 bits per heavy atom. The van der Waals surface area contributed by atoms with Crippen LogP contribution >= 0.6 is 0 Å². The van der Waals surface area contributed by atoms with Crippen molar-refractivity contribution in [2.75, 3.05) is 0 Å². The van der Waals surface area contributed by atoms with Crippen LogP contribution in [0.15, 0.2) is 340 Å². The minimum atomic E-state index is -0.474. The number of ketones is 2. The van der Waals surface area contributed by atoms with Crippen LogP contribution in [0.4, 0.5) is 0 Å². The second kappa shape index (κ2) is 42.7. The Balaban J connectivity index is 0.000000133. The van der Waals surface area contributed by atoms with E-state index >= 15 is 0 Å². The molecule has 0 aliphatic carbocycles. The van der Waals surface area contributed by atoms with Gasteiger partial charge in [-0.25, -0.2) is 19.9 Å². The summed E-state index contributed by atoms with van der Waals surface area (Å²) in [4.78, 5) is 41.6. The smallest absolute Gasteiger partial charge is 0.178 e. The van der Waals surface area contributed by atoms with Gasteiger partial charge in [-0.3, -0.25) is 9.59 Å². The van der Waals surface area contributed by atoms with Gasteiger partial charge < -0.3 is 28.4 Å². The van der Waals surface area contributed by atoms with Gasteiger partial charge in [0, 0.05) is 39.9 Å². The lowest BCUT2D eigenvalue weighted by Gasteiger charge is -2.13. The van der Waals surface area contributed by atoms with Crippen LogP contribution < -0.4 is 28.4 Å². The van der Waals surface area contributed by atoms with Crippen molar-refractivity contribution in [2.24, 2.45) is 0 Å². The number of pyridine rings is 4. The molecule has 0 amide bonds. The van der Waals surface area contributed by atoms with Crippen molar-refractivity contribution in [2.45, 2.75) is 86.1 Å². The number of hydrogen-bond acceptors (Lipinski definition) is 15. The number of carbonyl (C=O) groups excluding carboxylic acids is 2. The van der Waals surface area contributed by atoms with E-state index in [-0.39, 0.29) is 11.6 Å². The number of nitrogens with zero attached hydrogens (tertiary/aromatic N) is 7. The molecule has 1 N–H and O–H groups in total. The molecule has 16 nitrogen and oxygen atoms in total. The first kappa shape index (κ1) is 83.2. The number of benzene rings is 12. The lowest BCUT2D eigenvalue weighted by Crippen LogP contribution is -2.20. The number of H-pyrrole nitrogens is 1. The van der Waals surface area contributed by atoms with E-state index in [1.54, 1.807) is 13.8 Å². The molecule has 16 heteroatoms. The van der Waals surface area contributed by atoms with Gasteiger partial charge in [0.2, 0.25) is 0 Å². The predicted molar refractivity (Wildman–Crippen MR) is 488 cm³/mol. The van der Waals surface area contributed by atoms with Crippen LogP contribution in [-0.2, 0) is 61.9 Å². The van der Waals surface area contributed by atoms with Crippen LogP contribution in [0, 0.1) is 0 Å². The minimum absolute atomic E-state index is 0.00161. The van der Waals surface area contributed by atoms with Crippen molar-refractivity contribution in [3.8, 4) is 34.5 Å². The Labute approximate surface area is 710 Å². The van der Waals surface area contributed by atoms with E-state index in [0.717, 1.165) is 146 Å². The Morgan fingerprint density at radius 2 is 0.697 bits per heavy atom. The number of rotatable bonds is 29. The van der Waals surface area contributed by atoms with Gasteiger partial charge in [-0.05, 0) is 205 Å². The molecule has 0 radical (unpaired) electrons. The Morgan fingerprint density at radius 3 is 1.12 bits per heavy atom. The van der Waals surface area contributed by atoms with Crippen LogP contribution in [0.2, 0.25) is 0 Å². The highest BCUT2D eigenvalue weighted by atomic mass is 16.5. The highest BCUT2D eigenvalue weighted by Crippen LogP contribution is 2.28. The van der Waals surface area contributed by atoms with Crippen LogP contribution in [0.25, 0.3) is 80.1 Å². The molecule has 0 aliphatic rings. The third-order valence-corrected chi connectivity index (χ3v) is 20.0. The number of Topliss-reactive ketones (excluding diaryl/α,β-unsaturated/α-hetero) is 2. The predicted octanol–water partition coefficient (Wildman–Crippen LogP) is 23.5. The molecule has 0 saturated heterocycles. The summed E-state index contributed by atoms with van der Waals surface area (Å²) in [6.45, 7) is 9.41. The molecule has 5 heterocycles. The number of nitrogens with one attached hydrogen (secondary N) is 1. The molecule has 122 heavy (non-hydrogen) atoms. The van der Waals surface area contributed by atoms with Crippen molar-refractivity contribution < 1.29 is 38.0 Å².